The van der Waals surface area contributed by atoms with Gasteiger partial charge in [-0.2, -0.15) is 5.10 Å². The second-order valence-electron chi connectivity index (χ2n) is 3.37. The van der Waals surface area contributed by atoms with Gasteiger partial charge in [0.2, 0.25) is 0 Å². The van der Waals surface area contributed by atoms with Crippen LogP contribution in [0.15, 0.2) is 36.5 Å². The quantitative estimate of drug-likeness (QED) is 0.810. The smallest absolute Gasteiger partial charge is 0.335 e. The predicted molar refractivity (Wildman–Crippen MR) is 59.0 cm³/mol. The number of carboxylic acids is 1. The van der Waals surface area contributed by atoms with Gasteiger partial charge in [0, 0.05) is 6.20 Å². The lowest BCUT2D eigenvalue weighted by Crippen LogP contribution is -2.12. The van der Waals surface area contributed by atoms with E-state index >= 15 is 0 Å². The number of rotatable bonds is 3. The topological polar surface area (TPSA) is 98.2 Å². The summed E-state index contributed by atoms with van der Waals surface area (Å²) in [7, 11) is 0. The summed E-state index contributed by atoms with van der Waals surface area (Å²) in [5.41, 5.74) is 5.91. The van der Waals surface area contributed by atoms with E-state index < -0.39 is 11.9 Å². The molecule has 0 aliphatic carbocycles. The standard InChI is InChI=1S/C11H9N3O3/c12-10(15)9-4-5-14(13-9)8-3-1-2-7(6-8)11(16)17/h1-6H,(H2,12,15)(H,16,17). The highest BCUT2D eigenvalue weighted by atomic mass is 16.4. The highest BCUT2D eigenvalue weighted by Gasteiger charge is 2.08. The number of nitrogens with zero attached hydrogens (tertiary/aromatic N) is 2. The van der Waals surface area contributed by atoms with Crippen molar-refractivity contribution in [3.63, 3.8) is 0 Å². The van der Waals surface area contributed by atoms with E-state index in [1.54, 1.807) is 18.3 Å². The number of nitrogens with two attached hydrogens (primary N) is 1. The van der Waals surface area contributed by atoms with Crippen molar-refractivity contribution in [1.82, 2.24) is 9.78 Å². The van der Waals surface area contributed by atoms with Crippen LogP contribution in [-0.2, 0) is 0 Å². The molecule has 86 valence electrons. The van der Waals surface area contributed by atoms with E-state index in [4.69, 9.17) is 10.8 Å². The molecule has 0 saturated carbocycles. The fourth-order valence-corrected chi connectivity index (χ4v) is 1.38. The fraction of sp³-hybridized carbons (Fsp3) is 0. The van der Waals surface area contributed by atoms with E-state index in [9.17, 15) is 9.59 Å². The average Bonchev–Trinajstić information content (AvgIpc) is 2.78. The minimum atomic E-state index is -1.02. The van der Waals surface area contributed by atoms with Gasteiger partial charge >= 0.3 is 5.97 Å². The first kappa shape index (κ1) is 10.9. The maximum absolute atomic E-state index is 10.9. The highest BCUT2D eigenvalue weighted by Crippen LogP contribution is 2.10. The minimum Gasteiger partial charge on any atom is -0.478 e. The van der Waals surface area contributed by atoms with Crippen LogP contribution in [0.25, 0.3) is 5.69 Å². The fourth-order valence-electron chi connectivity index (χ4n) is 1.38. The van der Waals surface area contributed by atoms with E-state index in [0.29, 0.717) is 5.69 Å². The Morgan fingerprint density at radius 2 is 2.06 bits per heavy atom. The van der Waals surface area contributed by atoms with Crippen LogP contribution in [0.5, 0.6) is 0 Å². The molecule has 0 unspecified atom stereocenters. The third kappa shape index (κ3) is 2.15. The number of carboxylic acid groups (broad SMARTS) is 1. The van der Waals surface area contributed by atoms with Crippen molar-refractivity contribution in [2.75, 3.05) is 0 Å². The molecule has 1 aromatic carbocycles. The molecule has 6 nitrogen and oxygen atoms in total. The first-order valence-electron chi connectivity index (χ1n) is 4.77. The van der Waals surface area contributed by atoms with Gasteiger partial charge in [-0.1, -0.05) is 6.07 Å². The van der Waals surface area contributed by atoms with Gasteiger partial charge in [-0.05, 0) is 24.3 Å². The van der Waals surface area contributed by atoms with Gasteiger partial charge in [0.05, 0.1) is 11.3 Å². The van der Waals surface area contributed by atoms with Gasteiger partial charge in [0.15, 0.2) is 0 Å². The number of benzene rings is 1. The summed E-state index contributed by atoms with van der Waals surface area (Å²) in [6.45, 7) is 0. The SMILES string of the molecule is NC(=O)c1ccn(-c2cccc(C(=O)O)c2)n1. The third-order valence-corrected chi connectivity index (χ3v) is 2.20. The number of aromatic nitrogens is 2. The van der Waals surface area contributed by atoms with Crippen molar-refractivity contribution in [1.29, 1.82) is 0 Å². The van der Waals surface area contributed by atoms with Crippen LogP contribution >= 0.6 is 0 Å². The van der Waals surface area contributed by atoms with Crippen molar-refractivity contribution in [3.05, 3.63) is 47.8 Å². The zero-order chi connectivity index (χ0) is 12.4. The molecule has 6 heteroatoms. The predicted octanol–water partition coefficient (Wildman–Crippen LogP) is 0.669. The number of primary amides is 1. The zero-order valence-electron chi connectivity index (χ0n) is 8.70. The molecule has 0 bridgehead atoms. The number of carbonyl (C=O) groups is 2. The van der Waals surface area contributed by atoms with Crippen LogP contribution in [0.4, 0.5) is 0 Å². The van der Waals surface area contributed by atoms with Crippen LogP contribution < -0.4 is 5.73 Å². The van der Waals surface area contributed by atoms with Crippen LogP contribution in [0.3, 0.4) is 0 Å². The average molecular weight is 231 g/mol. The van der Waals surface area contributed by atoms with Crippen molar-refractivity contribution < 1.29 is 14.7 Å². The van der Waals surface area contributed by atoms with Crippen LogP contribution in [0.2, 0.25) is 0 Å². The summed E-state index contributed by atoms with van der Waals surface area (Å²) in [4.78, 5) is 21.7. The van der Waals surface area contributed by atoms with E-state index in [2.05, 4.69) is 5.10 Å². The number of carbonyl (C=O) groups excluding carboxylic acids is 1. The molecule has 1 aromatic heterocycles. The van der Waals surface area contributed by atoms with Gasteiger partial charge < -0.3 is 10.8 Å². The van der Waals surface area contributed by atoms with E-state index in [0.717, 1.165) is 0 Å². The minimum absolute atomic E-state index is 0.130. The largest absolute Gasteiger partial charge is 0.478 e. The Morgan fingerprint density at radius 3 is 2.65 bits per heavy atom. The summed E-state index contributed by atoms with van der Waals surface area (Å²) in [6.07, 6.45) is 1.54. The maximum atomic E-state index is 10.9. The zero-order valence-corrected chi connectivity index (χ0v) is 8.70. The maximum Gasteiger partial charge on any atom is 0.335 e. The summed E-state index contributed by atoms with van der Waals surface area (Å²) < 4.78 is 1.40. The molecule has 0 radical (unpaired) electrons. The van der Waals surface area contributed by atoms with Crippen LogP contribution in [-0.4, -0.2) is 26.8 Å². The van der Waals surface area contributed by atoms with Gasteiger partial charge in [-0.25, -0.2) is 9.48 Å². The lowest BCUT2D eigenvalue weighted by molar-refractivity contribution is 0.0696. The number of aromatic carboxylic acids is 1. The molecule has 17 heavy (non-hydrogen) atoms. The number of hydrogen-bond acceptors (Lipinski definition) is 3. The molecular weight excluding hydrogens is 222 g/mol. The first-order valence-corrected chi connectivity index (χ1v) is 4.77. The first-order chi connectivity index (χ1) is 8.08. The van der Waals surface area contributed by atoms with Gasteiger partial charge in [0.25, 0.3) is 5.91 Å². The molecule has 3 N–H and O–H groups in total. The molecular formula is C11H9N3O3. The third-order valence-electron chi connectivity index (χ3n) is 2.20. The molecule has 0 fully saturated rings. The lowest BCUT2D eigenvalue weighted by Gasteiger charge is -2.02. The normalized spacial score (nSPS) is 10.1. The lowest BCUT2D eigenvalue weighted by atomic mass is 10.2. The molecule has 0 aliphatic heterocycles. The Morgan fingerprint density at radius 1 is 1.29 bits per heavy atom. The Labute approximate surface area is 96.3 Å². The molecule has 0 atom stereocenters. The second kappa shape index (κ2) is 4.09. The van der Waals surface area contributed by atoms with Crippen molar-refractivity contribution in [2.45, 2.75) is 0 Å². The van der Waals surface area contributed by atoms with Crippen molar-refractivity contribution in [3.8, 4) is 5.69 Å². The van der Waals surface area contributed by atoms with Gasteiger partial charge in [-0.3, -0.25) is 4.79 Å². The second-order valence-corrected chi connectivity index (χ2v) is 3.37. The molecule has 2 rings (SSSR count). The Balaban J connectivity index is 2.42. The molecule has 0 aliphatic rings. The van der Waals surface area contributed by atoms with Gasteiger partial charge in [-0.15, -0.1) is 0 Å². The molecule has 1 heterocycles. The van der Waals surface area contributed by atoms with Crippen LogP contribution in [0.1, 0.15) is 20.8 Å². The number of hydrogen-bond donors (Lipinski definition) is 2. The molecule has 0 spiro atoms. The van der Waals surface area contributed by atoms with E-state index in [1.807, 2.05) is 0 Å². The van der Waals surface area contributed by atoms with Gasteiger partial charge in [0.1, 0.15) is 5.69 Å². The Kier molecular flexibility index (Phi) is 2.61. The van der Waals surface area contributed by atoms with E-state index in [1.165, 1.54) is 22.9 Å². The Hall–Kier alpha value is -2.63. The van der Waals surface area contributed by atoms with Crippen molar-refractivity contribution >= 4 is 11.9 Å². The molecule has 2 aromatic rings. The van der Waals surface area contributed by atoms with Crippen molar-refractivity contribution in [2.24, 2.45) is 5.73 Å². The molecule has 1 amide bonds. The summed E-state index contributed by atoms with van der Waals surface area (Å²) in [5, 5.41) is 12.8. The summed E-state index contributed by atoms with van der Waals surface area (Å²) in [6, 6.07) is 7.69. The van der Waals surface area contributed by atoms with E-state index in [-0.39, 0.29) is 11.3 Å². The van der Waals surface area contributed by atoms with Crippen LogP contribution in [0, 0.1) is 0 Å². The number of amides is 1. The monoisotopic (exact) mass is 231 g/mol. The summed E-state index contributed by atoms with van der Waals surface area (Å²) in [5.74, 6) is -1.65. The molecule has 0 saturated heterocycles. The summed E-state index contributed by atoms with van der Waals surface area (Å²) >= 11 is 0. The highest BCUT2D eigenvalue weighted by molar-refractivity contribution is 5.90. The Bertz CT molecular complexity index is 589.